The number of rotatable bonds is 6. The molecule has 3 nitrogen and oxygen atoms in total. The highest BCUT2D eigenvalue weighted by atomic mass is 35.5. The summed E-state index contributed by atoms with van der Waals surface area (Å²) in [7, 11) is 0. The summed E-state index contributed by atoms with van der Waals surface area (Å²) in [5.41, 5.74) is 2.08. The van der Waals surface area contributed by atoms with Crippen LogP contribution in [-0.4, -0.2) is 17.6 Å². The number of carbonyl (C=O) groups excluding carboxylic acids is 1. The Bertz CT molecular complexity index is 993. The molecule has 0 bridgehead atoms. The quantitative estimate of drug-likeness (QED) is 0.385. The number of phenolic OH excluding ortho intramolecular Hbond substituents is 1. The fraction of sp³-hybridized carbons (Fsp3) is 0.174. The molecule has 3 rings (SSSR count). The van der Waals surface area contributed by atoms with E-state index >= 15 is 0 Å². The van der Waals surface area contributed by atoms with Crippen molar-refractivity contribution in [3.63, 3.8) is 0 Å². The fourth-order valence-corrected chi connectivity index (χ4v) is 2.88. The van der Waals surface area contributed by atoms with E-state index in [1.165, 1.54) is 18.2 Å². The van der Waals surface area contributed by atoms with Crippen LogP contribution in [0.15, 0.2) is 66.7 Å². The summed E-state index contributed by atoms with van der Waals surface area (Å²) in [6.07, 6.45) is -4.41. The second-order valence-electron chi connectivity index (χ2n) is 6.48. The van der Waals surface area contributed by atoms with Crippen molar-refractivity contribution >= 4 is 29.5 Å². The van der Waals surface area contributed by atoms with Crippen molar-refractivity contribution in [1.82, 2.24) is 0 Å². The average molecular weight is 471 g/mol. The number of aldehydes is 1. The number of phenols is 1. The van der Waals surface area contributed by atoms with Crippen LogP contribution in [0.2, 0.25) is 10.0 Å². The number of carbonyl (C=O) groups is 1. The number of hydrogen-bond acceptors (Lipinski definition) is 3. The Hall–Kier alpha value is -2.70. The van der Waals surface area contributed by atoms with Crippen LogP contribution in [0, 0.1) is 0 Å². The number of alkyl halides is 3. The van der Waals surface area contributed by atoms with Crippen LogP contribution in [-0.2, 0) is 13.0 Å². The Labute approximate surface area is 188 Å². The maximum Gasteiger partial charge on any atom is 0.389 e. The molecule has 3 aromatic rings. The second-order valence-corrected chi connectivity index (χ2v) is 7.30. The molecular weight excluding hydrogens is 452 g/mol. The predicted octanol–water partition coefficient (Wildman–Crippen LogP) is 7.27. The van der Waals surface area contributed by atoms with Crippen LogP contribution in [0.4, 0.5) is 13.2 Å². The molecule has 0 unspecified atom stereocenters. The molecule has 0 saturated carbocycles. The van der Waals surface area contributed by atoms with Gasteiger partial charge in [0.05, 0.1) is 10.0 Å². The summed E-state index contributed by atoms with van der Waals surface area (Å²) in [5, 5.41) is 9.54. The summed E-state index contributed by atoms with van der Waals surface area (Å²) < 4.78 is 41.1. The van der Waals surface area contributed by atoms with Crippen molar-refractivity contribution < 1.29 is 27.8 Å². The lowest BCUT2D eigenvalue weighted by molar-refractivity contribution is -0.134. The molecule has 8 heteroatoms. The summed E-state index contributed by atoms with van der Waals surface area (Å²) in [5.74, 6) is 0.462. The largest absolute Gasteiger partial charge is 0.506 e. The number of aromatic hydroxyl groups is 1. The van der Waals surface area contributed by atoms with Gasteiger partial charge in [0.15, 0.2) is 0 Å². The summed E-state index contributed by atoms with van der Waals surface area (Å²) >= 11 is 11.5. The van der Waals surface area contributed by atoms with Gasteiger partial charge in [-0.25, -0.2) is 0 Å². The summed E-state index contributed by atoms with van der Waals surface area (Å²) in [6, 6.07) is 18.8. The first-order valence-corrected chi connectivity index (χ1v) is 9.89. The van der Waals surface area contributed by atoms with E-state index in [4.69, 9.17) is 33.0 Å². The molecule has 0 saturated heterocycles. The van der Waals surface area contributed by atoms with E-state index in [9.17, 15) is 18.0 Å². The number of halogens is 5. The van der Waals surface area contributed by atoms with Gasteiger partial charge >= 0.3 is 6.18 Å². The van der Waals surface area contributed by atoms with Gasteiger partial charge in [-0.3, -0.25) is 4.79 Å². The molecule has 1 N–H and O–H groups in total. The molecular formula is C23H19Cl2F3O3. The molecule has 0 heterocycles. The molecule has 0 amide bonds. The van der Waals surface area contributed by atoms with Crippen LogP contribution in [0.25, 0.3) is 0 Å². The molecule has 0 aliphatic rings. The van der Waals surface area contributed by atoms with Crippen molar-refractivity contribution in [2.75, 3.05) is 0 Å². The molecule has 164 valence electrons. The minimum absolute atomic E-state index is 0.0738. The second kappa shape index (κ2) is 11.6. The van der Waals surface area contributed by atoms with Gasteiger partial charge in [0, 0.05) is 12.0 Å². The molecule has 0 aliphatic heterocycles. The Morgan fingerprint density at radius 1 is 0.903 bits per heavy atom. The standard InChI is InChI=1S/C14H11ClO2.C9H8ClF3O/c15-13-8-12(9-16)6-7-14(13)17-10-11-4-2-1-3-5-11;10-7-5-6(1-2-8(7)14)3-4-9(11,12)13/h1-9H,10H2;1-2,5,14H,3-4H2. The van der Waals surface area contributed by atoms with Gasteiger partial charge < -0.3 is 9.84 Å². The van der Waals surface area contributed by atoms with Crippen LogP contribution < -0.4 is 4.74 Å². The minimum Gasteiger partial charge on any atom is -0.506 e. The Morgan fingerprint density at radius 3 is 2.19 bits per heavy atom. The van der Waals surface area contributed by atoms with Crippen molar-refractivity contribution in [3.8, 4) is 11.5 Å². The normalized spacial score (nSPS) is 10.7. The highest BCUT2D eigenvalue weighted by Crippen LogP contribution is 2.27. The lowest BCUT2D eigenvalue weighted by Crippen LogP contribution is -2.08. The van der Waals surface area contributed by atoms with Crippen LogP contribution in [0.3, 0.4) is 0 Å². The first-order valence-electron chi connectivity index (χ1n) is 9.13. The maximum atomic E-state index is 11.8. The Balaban J connectivity index is 0.000000225. The molecule has 0 atom stereocenters. The zero-order chi connectivity index (χ0) is 22.9. The third-order valence-electron chi connectivity index (χ3n) is 4.04. The lowest BCUT2D eigenvalue weighted by Gasteiger charge is -2.08. The van der Waals surface area contributed by atoms with Gasteiger partial charge in [-0.05, 0) is 47.9 Å². The third kappa shape index (κ3) is 8.90. The van der Waals surface area contributed by atoms with E-state index in [1.54, 1.807) is 18.2 Å². The van der Waals surface area contributed by atoms with E-state index < -0.39 is 12.6 Å². The average Bonchev–Trinajstić information content (AvgIpc) is 2.74. The smallest absolute Gasteiger partial charge is 0.389 e. The van der Waals surface area contributed by atoms with E-state index in [0.717, 1.165) is 11.8 Å². The van der Waals surface area contributed by atoms with Crippen LogP contribution in [0.5, 0.6) is 11.5 Å². The monoisotopic (exact) mass is 470 g/mol. The number of ether oxygens (including phenoxy) is 1. The summed E-state index contributed by atoms with van der Waals surface area (Å²) in [4.78, 5) is 10.5. The highest BCUT2D eigenvalue weighted by Gasteiger charge is 2.26. The number of benzene rings is 3. The van der Waals surface area contributed by atoms with Gasteiger partial charge in [0.1, 0.15) is 24.4 Å². The van der Waals surface area contributed by atoms with E-state index in [0.29, 0.717) is 28.5 Å². The zero-order valence-electron chi connectivity index (χ0n) is 16.2. The fourth-order valence-electron chi connectivity index (χ4n) is 2.43. The minimum atomic E-state index is -4.16. The molecule has 31 heavy (non-hydrogen) atoms. The van der Waals surface area contributed by atoms with Crippen molar-refractivity contribution in [2.24, 2.45) is 0 Å². The molecule has 0 aromatic heterocycles. The van der Waals surface area contributed by atoms with Gasteiger partial charge in [-0.15, -0.1) is 0 Å². The molecule has 0 fully saturated rings. The van der Waals surface area contributed by atoms with Crippen molar-refractivity contribution in [1.29, 1.82) is 0 Å². The van der Waals surface area contributed by atoms with Gasteiger partial charge in [0.25, 0.3) is 0 Å². The molecule has 0 spiro atoms. The van der Waals surface area contributed by atoms with E-state index in [-0.39, 0.29) is 17.2 Å². The lowest BCUT2D eigenvalue weighted by atomic mass is 10.1. The predicted molar refractivity (Wildman–Crippen MR) is 115 cm³/mol. The van der Waals surface area contributed by atoms with Crippen LogP contribution >= 0.6 is 23.2 Å². The molecule has 0 radical (unpaired) electrons. The van der Waals surface area contributed by atoms with Crippen molar-refractivity contribution in [3.05, 3.63) is 93.5 Å². The number of aryl methyl sites for hydroxylation is 1. The van der Waals surface area contributed by atoms with E-state index in [2.05, 4.69) is 0 Å². The Kier molecular flexibility index (Phi) is 9.21. The van der Waals surface area contributed by atoms with Gasteiger partial charge in [-0.1, -0.05) is 59.6 Å². The Morgan fingerprint density at radius 2 is 1.61 bits per heavy atom. The number of hydrogen-bond donors (Lipinski definition) is 1. The molecule has 3 aromatic carbocycles. The topological polar surface area (TPSA) is 46.5 Å². The van der Waals surface area contributed by atoms with Gasteiger partial charge in [0.2, 0.25) is 0 Å². The first-order chi connectivity index (χ1) is 14.7. The highest BCUT2D eigenvalue weighted by molar-refractivity contribution is 6.32. The van der Waals surface area contributed by atoms with E-state index in [1.807, 2.05) is 30.3 Å². The molecule has 0 aliphatic carbocycles. The van der Waals surface area contributed by atoms with Crippen LogP contribution in [0.1, 0.15) is 27.9 Å². The first kappa shape index (κ1) is 24.6. The summed E-state index contributed by atoms with van der Waals surface area (Å²) in [6.45, 7) is 0.459. The third-order valence-corrected chi connectivity index (χ3v) is 4.64. The maximum absolute atomic E-state index is 11.8. The van der Waals surface area contributed by atoms with Gasteiger partial charge in [-0.2, -0.15) is 13.2 Å². The van der Waals surface area contributed by atoms with Crippen molar-refractivity contribution in [2.45, 2.75) is 25.6 Å². The SMILES string of the molecule is O=Cc1ccc(OCc2ccccc2)c(Cl)c1.Oc1ccc(CCC(F)(F)F)cc1Cl. The zero-order valence-corrected chi connectivity index (χ0v) is 17.7.